The Morgan fingerprint density at radius 2 is 1.88 bits per heavy atom. The van der Waals surface area contributed by atoms with Crippen LogP contribution in [0.15, 0.2) is 59.6 Å². The molecule has 0 spiro atoms. The van der Waals surface area contributed by atoms with Crippen molar-refractivity contribution in [2.24, 2.45) is 10.7 Å². The predicted octanol–water partition coefficient (Wildman–Crippen LogP) is 4.01. The van der Waals surface area contributed by atoms with Gasteiger partial charge in [-0.25, -0.2) is 4.99 Å². The van der Waals surface area contributed by atoms with E-state index in [1.54, 1.807) is 7.11 Å². The maximum atomic E-state index is 6.10. The van der Waals surface area contributed by atoms with Crippen LogP contribution in [0.4, 0.5) is 11.4 Å². The van der Waals surface area contributed by atoms with Gasteiger partial charge in [0.15, 0.2) is 5.96 Å². The van der Waals surface area contributed by atoms with Crippen molar-refractivity contribution in [1.82, 2.24) is 0 Å². The van der Waals surface area contributed by atoms with E-state index in [1.165, 1.54) is 21.9 Å². The summed E-state index contributed by atoms with van der Waals surface area (Å²) in [5.41, 5.74) is 10.6. The summed E-state index contributed by atoms with van der Waals surface area (Å²) in [6.07, 6.45) is 2.09. The van der Waals surface area contributed by atoms with E-state index in [1.807, 2.05) is 24.3 Å². The monoisotopic (exact) mass is 317 g/mol. The highest BCUT2D eigenvalue weighted by Crippen LogP contribution is 2.36. The smallest absolute Gasteiger partial charge is 0.198 e. The average molecular weight is 317 g/mol. The highest BCUT2D eigenvalue weighted by atomic mass is 16.5. The number of nitrogens with two attached hydrogens (primary N) is 1. The number of nitrogens with zero attached hydrogens (tertiary/aromatic N) is 1. The molecule has 0 unspecified atom stereocenters. The number of nitrogens with one attached hydrogen (secondary N) is 1. The first kappa shape index (κ1) is 14.6. The number of hydrogen-bond acceptors (Lipinski definition) is 2. The SMILES string of the molecule is COc1ccc(NC(N)=Nc2ccc3cccc4c3c2CC4)cc1. The minimum atomic E-state index is 0.389. The normalized spacial score (nSPS) is 13.3. The molecule has 4 nitrogen and oxygen atoms in total. The van der Waals surface area contributed by atoms with E-state index in [2.05, 4.69) is 40.6 Å². The van der Waals surface area contributed by atoms with Gasteiger partial charge in [0, 0.05) is 5.69 Å². The fraction of sp³-hybridized carbons (Fsp3) is 0.150. The molecule has 0 bridgehead atoms. The van der Waals surface area contributed by atoms with Crippen LogP contribution < -0.4 is 15.8 Å². The topological polar surface area (TPSA) is 59.6 Å². The van der Waals surface area contributed by atoms with Crippen LogP contribution in [-0.2, 0) is 12.8 Å². The van der Waals surface area contributed by atoms with Crippen molar-refractivity contribution in [3.05, 3.63) is 65.7 Å². The molecule has 24 heavy (non-hydrogen) atoms. The molecule has 0 amide bonds. The number of hydrogen-bond donors (Lipinski definition) is 2. The van der Waals surface area contributed by atoms with Gasteiger partial charge in [-0.15, -0.1) is 0 Å². The van der Waals surface area contributed by atoms with Gasteiger partial charge >= 0.3 is 0 Å². The molecular weight excluding hydrogens is 298 g/mol. The summed E-state index contributed by atoms with van der Waals surface area (Å²) in [7, 11) is 1.65. The molecule has 0 heterocycles. The Hall–Kier alpha value is -3.01. The van der Waals surface area contributed by atoms with Crippen molar-refractivity contribution in [2.75, 3.05) is 12.4 Å². The molecule has 0 radical (unpaired) electrons. The van der Waals surface area contributed by atoms with Crippen LogP contribution in [-0.4, -0.2) is 13.1 Å². The zero-order chi connectivity index (χ0) is 16.5. The van der Waals surface area contributed by atoms with Crippen molar-refractivity contribution in [1.29, 1.82) is 0 Å². The lowest BCUT2D eigenvalue weighted by Gasteiger charge is -2.09. The highest BCUT2D eigenvalue weighted by molar-refractivity contribution is 5.98. The predicted molar refractivity (Wildman–Crippen MR) is 99.3 cm³/mol. The van der Waals surface area contributed by atoms with Gasteiger partial charge in [0.2, 0.25) is 0 Å². The third-order valence-electron chi connectivity index (χ3n) is 4.46. The number of aryl methyl sites for hydroxylation is 2. The molecule has 1 aliphatic rings. The van der Waals surface area contributed by atoms with E-state index < -0.39 is 0 Å². The van der Waals surface area contributed by atoms with Crippen LogP contribution in [0.2, 0.25) is 0 Å². The Kier molecular flexibility index (Phi) is 3.58. The second-order valence-corrected chi connectivity index (χ2v) is 5.93. The van der Waals surface area contributed by atoms with Crippen molar-refractivity contribution in [2.45, 2.75) is 12.8 Å². The number of ether oxygens (including phenoxy) is 1. The summed E-state index contributed by atoms with van der Waals surface area (Å²) >= 11 is 0. The van der Waals surface area contributed by atoms with E-state index >= 15 is 0 Å². The average Bonchev–Trinajstić information content (AvgIpc) is 3.04. The number of aliphatic imine (C=N–C) groups is 1. The van der Waals surface area contributed by atoms with E-state index in [0.717, 1.165) is 30.0 Å². The van der Waals surface area contributed by atoms with Crippen molar-refractivity contribution >= 4 is 28.1 Å². The van der Waals surface area contributed by atoms with Crippen LogP contribution in [0.3, 0.4) is 0 Å². The molecule has 3 aromatic rings. The maximum absolute atomic E-state index is 6.10. The Bertz CT molecular complexity index is 930. The standard InChI is InChI=1S/C20H19N3O/c1-24-16-9-7-15(8-10-16)22-20(21)23-18-12-6-14-4-2-3-13-5-11-17(18)19(13)14/h2-4,6-10,12H,5,11H2,1H3,(H3,21,22,23). The second kappa shape index (κ2) is 5.89. The summed E-state index contributed by atoms with van der Waals surface area (Å²) < 4.78 is 5.16. The van der Waals surface area contributed by atoms with Crippen molar-refractivity contribution < 1.29 is 4.74 Å². The van der Waals surface area contributed by atoms with Gasteiger partial charge in [-0.1, -0.05) is 24.3 Å². The molecule has 0 aliphatic heterocycles. The lowest BCUT2D eigenvalue weighted by atomic mass is 10.0. The molecule has 0 atom stereocenters. The molecule has 1 aliphatic carbocycles. The number of benzene rings is 3. The summed E-state index contributed by atoms with van der Waals surface area (Å²) in [5.74, 6) is 1.20. The summed E-state index contributed by atoms with van der Waals surface area (Å²) in [6, 6.07) is 18.2. The quantitative estimate of drug-likeness (QED) is 0.567. The molecule has 0 saturated carbocycles. The highest BCUT2D eigenvalue weighted by Gasteiger charge is 2.17. The van der Waals surface area contributed by atoms with E-state index in [-0.39, 0.29) is 0 Å². The van der Waals surface area contributed by atoms with Crippen LogP contribution >= 0.6 is 0 Å². The van der Waals surface area contributed by atoms with E-state index in [4.69, 9.17) is 10.5 Å². The first-order valence-corrected chi connectivity index (χ1v) is 8.03. The zero-order valence-electron chi connectivity index (χ0n) is 13.5. The van der Waals surface area contributed by atoms with Gasteiger partial charge in [0.05, 0.1) is 12.8 Å². The number of methoxy groups -OCH3 is 1. The third-order valence-corrected chi connectivity index (χ3v) is 4.46. The van der Waals surface area contributed by atoms with Gasteiger partial charge in [-0.05, 0) is 65.1 Å². The maximum Gasteiger partial charge on any atom is 0.198 e. The molecule has 120 valence electrons. The first-order chi connectivity index (χ1) is 11.7. The Morgan fingerprint density at radius 3 is 2.67 bits per heavy atom. The summed E-state index contributed by atoms with van der Waals surface area (Å²) in [4.78, 5) is 4.60. The van der Waals surface area contributed by atoms with Gasteiger partial charge < -0.3 is 15.8 Å². The van der Waals surface area contributed by atoms with Gasteiger partial charge in [-0.3, -0.25) is 0 Å². The van der Waals surface area contributed by atoms with Crippen LogP contribution in [0.5, 0.6) is 5.75 Å². The van der Waals surface area contributed by atoms with Gasteiger partial charge in [0.1, 0.15) is 5.75 Å². The Labute approximate surface area is 141 Å². The minimum Gasteiger partial charge on any atom is -0.497 e. The van der Waals surface area contributed by atoms with E-state index in [0.29, 0.717) is 5.96 Å². The van der Waals surface area contributed by atoms with Crippen LogP contribution in [0.1, 0.15) is 11.1 Å². The molecule has 4 rings (SSSR count). The fourth-order valence-corrected chi connectivity index (χ4v) is 3.33. The molecular formula is C20H19N3O. The lowest BCUT2D eigenvalue weighted by molar-refractivity contribution is 0.415. The third kappa shape index (κ3) is 2.56. The molecule has 3 N–H and O–H groups in total. The largest absolute Gasteiger partial charge is 0.497 e. The van der Waals surface area contributed by atoms with Gasteiger partial charge in [-0.2, -0.15) is 0 Å². The number of guanidine groups is 1. The fourth-order valence-electron chi connectivity index (χ4n) is 3.33. The molecule has 0 saturated heterocycles. The first-order valence-electron chi connectivity index (χ1n) is 8.03. The number of anilines is 1. The van der Waals surface area contributed by atoms with Gasteiger partial charge in [0.25, 0.3) is 0 Å². The summed E-state index contributed by atoms with van der Waals surface area (Å²) in [5, 5.41) is 5.75. The molecule has 0 fully saturated rings. The van der Waals surface area contributed by atoms with E-state index in [9.17, 15) is 0 Å². The minimum absolute atomic E-state index is 0.389. The van der Waals surface area contributed by atoms with Crippen LogP contribution in [0.25, 0.3) is 10.8 Å². The van der Waals surface area contributed by atoms with Crippen molar-refractivity contribution in [3.63, 3.8) is 0 Å². The lowest BCUT2D eigenvalue weighted by Crippen LogP contribution is -2.21. The number of rotatable bonds is 3. The molecule has 0 aromatic heterocycles. The summed E-state index contributed by atoms with van der Waals surface area (Å²) in [6.45, 7) is 0. The van der Waals surface area contributed by atoms with Crippen LogP contribution in [0, 0.1) is 0 Å². The zero-order valence-corrected chi connectivity index (χ0v) is 13.5. The van der Waals surface area contributed by atoms with Crippen molar-refractivity contribution in [3.8, 4) is 5.75 Å². The molecule has 3 aromatic carbocycles. The Balaban J connectivity index is 1.64. The molecule has 4 heteroatoms. The second-order valence-electron chi connectivity index (χ2n) is 5.93. The Morgan fingerprint density at radius 1 is 1.04 bits per heavy atom.